The first kappa shape index (κ1) is 36.3. The van der Waals surface area contributed by atoms with E-state index in [1.807, 2.05) is 6.07 Å². The van der Waals surface area contributed by atoms with Crippen LogP contribution in [0.15, 0.2) is 237 Å². The number of hydrogen-bond acceptors (Lipinski definition) is 3. The standard InChI is InChI=1S/C61H39NO2/c1-4-17-40(18-5-1)43-23-16-24-44(37-43)62(45-31-33-47(41-19-6-2-7-20-41)51(38-45)42-21-8-3-9-22-42)46-32-35-56-58(39-46)64-60-57(63-56)36-34-55-59(60)50-27-12-15-30-54(50)61(55)52-28-13-10-25-48(52)49-26-11-14-29-53(49)61/h1-39H. The van der Waals surface area contributed by atoms with Crippen molar-refractivity contribution in [2.24, 2.45) is 0 Å². The summed E-state index contributed by atoms with van der Waals surface area (Å²) < 4.78 is 14.1. The topological polar surface area (TPSA) is 21.7 Å². The van der Waals surface area contributed by atoms with Gasteiger partial charge in [-0.25, -0.2) is 0 Å². The minimum atomic E-state index is -0.484. The van der Waals surface area contributed by atoms with Crippen molar-refractivity contribution in [3.05, 3.63) is 259 Å². The Hall–Kier alpha value is -8.40. The van der Waals surface area contributed by atoms with Crippen molar-refractivity contribution in [3.63, 3.8) is 0 Å². The van der Waals surface area contributed by atoms with E-state index in [4.69, 9.17) is 9.47 Å². The van der Waals surface area contributed by atoms with Crippen LogP contribution >= 0.6 is 0 Å². The predicted octanol–water partition coefficient (Wildman–Crippen LogP) is 16.4. The molecule has 0 saturated carbocycles. The van der Waals surface area contributed by atoms with Gasteiger partial charge in [0.25, 0.3) is 0 Å². The number of ether oxygens (including phenoxy) is 2. The van der Waals surface area contributed by atoms with Gasteiger partial charge < -0.3 is 14.4 Å². The molecule has 0 atom stereocenters. The molecule has 300 valence electrons. The van der Waals surface area contributed by atoms with E-state index in [1.165, 1.54) is 44.5 Å². The first-order chi connectivity index (χ1) is 31.7. The summed E-state index contributed by atoms with van der Waals surface area (Å²) in [5.41, 5.74) is 19.3. The van der Waals surface area contributed by atoms with Crippen LogP contribution < -0.4 is 14.4 Å². The lowest BCUT2D eigenvalue weighted by Crippen LogP contribution is -2.25. The van der Waals surface area contributed by atoms with Crippen molar-refractivity contribution in [1.82, 2.24) is 0 Å². The van der Waals surface area contributed by atoms with Crippen molar-refractivity contribution in [1.29, 1.82) is 0 Å². The molecule has 2 aliphatic carbocycles. The average molecular weight is 818 g/mol. The molecule has 0 unspecified atom stereocenters. The first-order valence-corrected chi connectivity index (χ1v) is 21.9. The highest BCUT2D eigenvalue weighted by molar-refractivity contribution is 5.98. The molecule has 13 rings (SSSR count). The Kier molecular flexibility index (Phi) is 8.13. The number of rotatable bonds is 6. The summed E-state index contributed by atoms with van der Waals surface area (Å²) >= 11 is 0. The molecule has 0 N–H and O–H groups in total. The summed E-state index contributed by atoms with van der Waals surface area (Å²) in [6, 6.07) is 84.8. The quantitative estimate of drug-likeness (QED) is 0.167. The van der Waals surface area contributed by atoms with E-state index >= 15 is 0 Å². The highest BCUT2D eigenvalue weighted by Crippen LogP contribution is 2.66. The van der Waals surface area contributed by atoms with E-state index < -0.39 is 5.41 Å². The molecule has 0 aromatic heterocycles. The molecule has 64 heavy (non-hydrogen) atoms. The lowest BCUT2D eigenvalue weighted by Gasteiger charge is -2.31. The second-order valence-electron chi connectivity index (χ2n) is 16.8. The highest BCUT2D eigenvalue weighted by atomic mass is 16.6. The van der Waals surface area contributed by atoms with E-state index in [0.717, 1.165) is 56.2 Å². The summed E-state index contributed by atoms with van der Waals surface area (Å²) in [6.45, 7) is 0. The van der Waals surface area contributed by atoms with E-state index in [9.17, 15) is 0 Å². The Morgan fingerprint density at radius 1 is 0.281 bits per heavy atom. The van der Waals surface area contributed by atoms with Gasteiger partial charge in [0.1, 0.15) is 0 Å². The van der Waals surface area contributed by atoms with Gasteiger partial charge in [-0.2, -0.15) is 0 Å². The molecule has 1 aliphatic heterocycles. The third kappa shape index (κ3) is 5.41. The maximum absolute atomic E-state index is 7.23. The molecule has 1 spiro atoms. The Balaban J connectivity index is 0.984. The third-order valence-corrected chi connectivity index (χ3v) is 13.3. The van der Waals surface area contributed by atoms with Crippen molar-refractivity contribution >= 4 is 17.1 Å². The molecule has 10 aromatic rings. The van der Waals surface area contributed by atoms with Crippen LogP contribution in [0.3, 0.4) is 0 Å². The minimum absolute atomic E-state index is 0.484. The van der Waals surface area contributed by atoms with Gasteiger partial charge in [-0.15, -0.1) is 0 Å². The molecule has 3 aliphatic rings. The fraction of sp³-hybridized carbons (Fsp3) is 0.0164. The zero-order valence-electron chi connectivity index (χ0n) is 34.8. The number of anilines is 3. The third-order valence-electron chi connectivity index (χ3n) is 13.3. The molecular formula is C61H39NO2. The van der Waals surface area contributed by atoms with E-state index in [-0.39, 0.29) is 0 Å². The second-order valence-corrected chi connectivity index (χ2v) is 16.8. The van der Waals surface area contributed by atoms with Crippen LogP contribution in [0.5, 0.6) is 23.0 Å². The lowest BCUT2D eigenvalue weighted by atomic mass is 9.70. The van der Waals surface area contributed by atoms with Crippen molar-refractivity contribution in [3.8, 4) is 78.6 Å². The van der Waals surface area contributed by atoms with Gasteiger partial charge in [0, 0.05) is 23.0 Å². The summed E-state index contributed by atoms with van der Waals surface area (Å²) in [6.07, 6.45) is 0. The fourth-order valence-corrected chi connectivity index (χ4v) is 10.6. The Labute approximate surface area is 372 Å². The van der Waals surface area contributed by atoms with Crippen LogP contribution in [0.2, 0.25) is 0 Å². The summed E-state index contributed by atoms with van der Waals surface area (Å²) in [4.78, 5) is 2.33. The van der Waals surface area contributed by atoms with Gasteiger partial charge in [0.15, 0.2) is 23.0 Å². The molecule has 10 aromatic carbocycles. The number of benzene rings is 10. The molecule has 0 bridgehead atoms. The van der Waals surface area contributed by atoms with Crippen LogP contribution in [0.4, 0.5) is 17.1 Å². The molecule has 0 radical (unpaired) electrons. The van der Waals surface area contributed by atoms with E-state index in [1.54, 1.807) is 0 Å². The second kappa shape index (κ2) is 14.3. The fourth-order valence-electron chi connectivity index (χ4n) is 10.6. The zero-order chi connectivity index (χ0) is 42.2. The molecule has 0 amide bonds. The van der Waals surface area contributed by atoms with Gasteiger partial charge >= 0.3 is 0 Å². The van der Waals surface area contributed by atoms with Crippen LogP contribution in [0, 0.1) is 0 Å². The van der Waals surface area contributed by atoms with E-state index in [0.29, 0.717) is 17.2 Å². The molecule has 3 nitrogen and oxygen atoms in total. The molecular weight excluding hydrogens is 779 g/mol. The summed E-state index contributed by atoms with van der Waals surface area (Å²) in [5, 5.41) is 0. The monoisotopic (exact) mass is 817 g/mol. The predicted molar refractivity (Wildman–Crippen MR) is 260 cm³/mol. The maximum Gasteiger partial charge on any atom is 0.178 e. The maximum atomic E-state index is 7.23. The van der Waals surface area contributed by atoms with Gasteiger partial charge in [-0.3, -0.25) is 0 Å². The lowest BCUT2D eigenvalue weighted by molar-refractivity contribution is 0.360. The molecule has 0 saturated heterocycles. The minimum Gasteiger partial charge on any atom is -0.449 e. The number of nitrogens with zero attached hydrogens (tertiary/aromatic N) is 1. The van der Waals surface area contributed by atoms with Crippen molar-refractivity contribution in [2.45, 2.75) is 5.41 Å². The van der Waals surface area contributed by atoms with Crippen LogP contribution in [0.1, 0.15) is 22.3 Å². The Morgan fingerprint density at radius 2 is 0.797 bits per heavy atom. The average Bonchev–Trinajstić information content (AvgIpc) is 3.84. The van der Waals surface area contributed by atoms with Crippen LogP contribution in [-0.2, 0) is 5.41 Å². The number of hydrogen-bond donors (Lipinski definition) is 0. The van der Waals surface area contributed by atoms with Crippen LogP contribution in [-0.4, -0.2) is 0 Å². The van der Waals surface area contributed by atoms with Gasteiger partial charge in [-0.05, 0) is 115 Å². The first-order valence-electron chi connectivity index (χ1n) is 21.9. The van der Waals surface area contributed by atoms with Gasteiger partial charge in [-0.1, -0.05) is 188 Å². The van der Waals surface area contributed by atoms with Crippen LogP contribution in [0.25, 0.3) is 55.6 Å². The normalized spacial score (nSPS) is 13.1. The zero-order valence-corrected chi connectivity index (χ0v) is 34.8. The summed E-state index contributed by atoms with van der Waals surface area (Å²) in [5.74, 6) is 2.79. The van der Waals surface area contributed by atoms with Gasteiger partial charge in [0.05, 0.1) is 11.1 Å². The molecule has 3 heteroatoms. The smallest absolute Gasteiger partial charge is 0.178 e. The van der Waals surface area contributed by atoms with Crippen molar-refractivity contribution < 1.29 is 9.47 Å². The molecule has 1 heterocycles. The highest BCUT2D eigenvalue weighted by Gasteiger charge is 2.53. The van der Waals surface area contributed by atoms with Crippen molar-refractivity contribution in [2.75, 3.05) is 4.90 Å². The molecule has 0 fully saturated rings. The SMILES string of the molecule is c1ccc(-c2cccc(N(c3ccc4c(c3)Oc3c(ccc5c3-c3ccccc3C53c5ccccc5-c5ccccc53)O4)c3ccc(-c4ccccc4)c(-c4ccccc4)c3)c2)cc1. The Morgan fingerprint density at radius 3 is 1.48 bits per heavy atom. The number of fused-ring (bicyclic) bond motifs is 13. The Bertz CT molecular complexity index is 3400. The largest absolute Gasteiger partial charge is 0.449 e. The summed E-state index contributed by atoms with van der Waals surface area (Å²) in [7, 11) is 0. The van der Waals surface area contributed by atoms with Gasteiger partial charge in [0.2, 0.25) is 0 Å². The van der Waals surface area contributed by atoms with E-state index in [2.05, 4.69) is 235 Å².